The molecule has 0 aromatic carbocycles. The second-order valence-electron chi connectivity index (χ2n) is 3.85. The largest absolute Gasteiger partial charge is 0.307 e. The van der Waals surface area contributed by atoms with Crippen LogP contribution in [0.15, 0.2) is 24.4 Å². The Hall–Kier alpha value is -1.71. The van der Waals surface area contributed by atoms with Crippen molar-refractivity contribution in [2.75, 3.05) is 0 Å². The van der Waals surface area contributed by atoms with Gasteiger partial charge in [0.2, 0.25) is 0 Å². The highest BCUT2D eigenvalue weighted by Gasteiger charge is 2.24. The maximum Gasteiger partial charge on any atom is 0.182 e. The summed E-state index contributed by atoms with van der Waals surface area (Å²) in [6, 6.07) is 5.79. The highest BCUT2D eigenvalue weighted by Crippen LogP contribution is 2.29. The number of hydrogen-bond donors (Lipinski definition) is 0. The van der Waals surface area contributed by atoms with Gasteiger partial charge in [0.15, 0.2) is 5.82 Å². The smallest absolute Gasteiger partial charge is 0.182 e. The Morgan fingerprint density at radius 2 is 2.40 bits per heavy atom. The molecule has 0 radical (unpaired) electrons. The van der Waals surface area contributed by atoms with Gasteiger partial charge in [0.05, 0.1) is 1.37 Å². The standard InChI is InChI=1S/C11H12N4/c1-8-5-6-10-13-14-11(15(8)10)9-4-2-3-7-12-9/h2-4,7-8H,5-6H2,1H3/i7D. The fourth-order valence-electron chi connectivity index (χ4n) is 2.05. The van der Waals surface area contributed by atoms with E-state index in [4.69, 9.17) is 1.37 Å². The molecular weight excluding hydrogens is 188 g/mol. The molecule has 1 aliphatic rings. The number of aryl methyl sites for hydroxylation is 1. The van der Waals surface area contributed by atoms with Crippen LogP contribution in [0.5, 0.6) is 0 Å². The van der Waals surface area contributed by atoms with Crippen molar-refractivity contribution in [3.63, 3.8) is 0 Å². The average Bonchev–Trinajstić information content (AvgIpc) is 2.82. The molecule has 4 heteroatoms. The third kappa shape index (κ3) is 1.25. The van der Waals surface area contributed by atoms with Crippen LogP contribution in [0.1, 0.15) is 26.6 Å². The molecule has 0 saturated carbocycles. The van der Waals surface area contributed by atoms with Crippen LogP contribution in [0, 0.1) is 0 Å². The Labute approximate surface area is 89.4 Å². The monoisotopic (exact) mass is 201 g/mol. The highest BCUT2D eigenvalue weighted by atomic mass is 15.3. The van der Waals surface area contributed by atoms with E-state index in [-0.39, 0.29) is 6.17 Å². The molecule has 0 bridgehead atoms. The van der Waals surface area contributed by atoms with E-state index in [0.29, 0.717) is 6.04 Å². The fourth-order valence-corrected chi connectivity index (χ4v) is 2.05. The van der Waals surface area contributed by atoms with Crippen molar-refractivity contribution in [3.05, 3.63) is 30.2 Å². The van der Waals surface area contributed by atoms with Crippen molar-refractivity contribution >= 4 is 0 Å². The molecule has 0 fully saturated rings. The van der Waals surface area contributed by atoms with Gasteiger partial charge in [-0.3, -0.25) is 4.98 Å². The zero-order chi connectivity index (χ0) is 11.1. The zero-order valence-electron chi connectivity index (χ0n) is 9.51. The van der Waals surface area contributed by atoms with E-state index in [2.05, 4.69) is 26.7 Å². The van der Waals surface area contributed by atoms with Crippen molar-refractivity contribution in [1.82, 2.24) is 19.7 Å². The summed E-state index contributed by atoms with van der Waals surface area (Å²) in [6.07, 6.45) is 2.35. The molecule has 4 nitrogen and oxygen atoms in total. The molecule has 2 aromatic heterocycles. The summed E-state index contributed by atoms with van der Waals surface area (Å²) in [5.41, 5.74) is 0.736. The Morgan fingerprint density at radius 1 is 1.47 bits per heavy atom. The Balaban J connectivity index is 2.14. The SMILES string of the molecule is [2H]c1cccc(-c2nnc3n2C(C)CC3)n1. The van der Waals surface area contributed by atoms with Gasteiger partial charge in [0.25, 0.3) is 0 Å². The molecule has 1 aliphatic heterocycles. The molecule has 2 aromatic rings. The molecule has 0 aliphatic carbocycles. The molecule has 0 N–H and O–H groups in total. The van der Waals surface area contributed by atoms with E-state index < -0.39 is 0 Å². The van der Waals surface area contributed by atoms with Gasteiger partial charge in [-0.05, 0) is 25.5 Å². The summed E-state index contributed by atoms with van der Waals surface area (Å²) in [5.74, 6) is 1.81. The molecule has 15 heavy (non-hydrogen) atoms. The molecular formula is C11H12N4. The first-order valence-corrected chi connectivity index (χ1v) is 5.13. The lowest BCUT2D eigenvalue weighted by atomic mass is 10.2. The molecule has 1 atom stereocenters. The number of nitrogens with zero attached hydrogens (tertiary/aromatic N) is 4. The Kier molecular flexibility index (Phi) is 1.59. The summed E-state index contributed by atoms with van der Waals surface area (Å²) in [7, 11) is 0. The van der Waals surface area contributed by atoms with Gasteiger partial charge in [-0.2, -0.15) is 0 Å². The lowest BCUT2D eigenvalue weighted by Gasteiger charge is -2.08. The van der Waals surface area contributed by atoms with Crippen molar-refractivity contribution in [2.45, 2.75) is 25.8 Å². The van der Waals surface area contributed by atoms with Gasteiger partial charge in [-0.15, -0.1) is 10.2 Å². The molecule has 0 amide bonds. The van der Waals surface area contributed by atoms with Gasteiger partial charge in [-0.25, -0.2) is 0 Å². The van der Waals surface area contributed by atoms with Gasteiger partial charge in [-0.1, -0.05) is 6.07 Å². The second-order valence-corrected chi connectivity index (χ2v) is 3.85. The molecule has 0 saturated heterocycles. The molecule has 76 valence electrons. The van der Waals surface area contributed by atoms with Crippen LogP contribution in [-0.2, 0) is 6.42 Å². The third-order valence-electron chi connectivity index (χ3n) is 2.83. The lowest BCUT2D eigenvalue weighted by molar-refractivity contribution is 0.581. The van der Waals surface area contributed by atoms with Crippen molar-refractivity contribution in [1.29, 1.82) is 0 Å². The average molecular weight is 201 g/mol. The van der Waals surface area contributed by atoms with E-state index in [1.165, 1.54) is 0 Å². The lowest BCUT2D eigenvalue weighted by Crippen LogP contribution is -2.02. The molecule has 3 rings (SSSR count). The number of pyridine rings is 1. The Morgan fingerprint density at radius 3 is 3.27 bits per heavy atom. The molecule has 1 unspecified atom stereocenters. The van der Waals surface area contributed by atoms with Crippen molar-refractivity contribution in [3.8, 4) is 11.5 Å². The topological polar surface area (TPSA) is 43.6 Å². The van der Waals surface area contributed by atoms with E-state index in [1.54, 1.807) is 6.07 Å². The summed E-state index contributed by atoms with van der Waals surface area (Å²) in [6.45, 7) is 2.16. The van der Waals surface area contributed by atoms with Crippen LogP contribution in [-0.4, -0.2) is 19.7 Å². The van der Waals surface area contributed by atoms with Crippen molar-refractivity contribution in [2.24, 2.45) is 0 Å². The first-order chi connectivity index (χ1) is 7.75. The number of hydrogen-bond acceptors (Lipinski definition) is 3. The zero-order valence-corrected chi connectivity index (χ0v) is 8.51. The summed E-state index contributed by atoms with van der Waals surface area (Å²) >= 11 is 0. The van der Waals surface area contributed by atoms with Crippen LogP contribution < -0.4 is 0 Å². The summed E-state index contributed by atoms with van der Waals surface area (Å²) in [4.78, 5) is 4.17. The summed E-state index contributed by atoms with van der Waals surface area (Å²) < 4.78 is 9.64. The van der Waals surface area contributed by atoms with Gasteiger partial charge in [0.1, 0.15) is 11.5 Å². The van der Waals surface area contributed by atoms with Crippen molar-refractivity contribution < 1.29 is 1.37 Å². The van der Waals surface area contributed by atoms with E-state index in [9.17, 15) is 0 Å². The number of aromatic nitrogens is 4. The first-order valence-electron chi connectivity index (χ1n) is 5.63. The minimum Gasteiger partial charge on any atom is -0.307 e. The molecule has 0 spiro atoms. The fraction of sp³-hybridized carbons (Fsp3) is 0.364. The van der Waals surface area contributed by atoms with Gasteiger partial charge >= 0.3 is 0 Å². The van der Waals surface area contributed by atoms with Crippen LogP contribution in [0.3, 0.4) is 0 Å². The van der Waals surface area contributed by atoms with E-state index >= 15 is 0 Å². The van der Waals surface area contributed by atoms with Gasteiger partial charge in [0, 0.05) is 18.6 Å². The Bertz CT molecular complexity index is 535. The van der Waals surface area contributed by atoms with E-state index in [0.717, 1.165) is 30.2 Å². The van der Waals surface area contributed by atoms with Crippen LogP contribution in [0.25, 0.3) is 11.5 Å². The maximum absolute atomic E-state index is 7.52. The molecule has 3 heterocycles. The van der Waals surface area contributed by atoms with Crippen LogP contribution >= 0.6 is 0 Å². The first kappa shape index (κ1) is 7.56. The minimum atomic E-state index is 0.264. The maximum atomic E-state index is 7.52. The highest BCUT2D eigenvalue weighted by molar-refractivity contribution is 5.49. The normalized spacial score (nSPS) is 20.1. The van der Waals surface area contributed by atoms with Crippen LogP contribution in [0.2, 0.25) is 0 Å². The van der Waals surface area contributed by atoms with Crippen LogP contribution in [0.4, 0.5) is 0 Å². The number of fused-ring (bicyclic) bond motifs is 1. The second kappa shape index (κ2) is 3.15. The quantitative estimate of drug-likeness (QED) is 0.707. The minimum absolute atomic E-state index is 0.264. The van der Waals surface area contributed by atoms with E-state index in [1.807, 2.05) is 12.1 Å². The number of rotatable bonds is 1. The predicted octanol–water partition coefficient (Wildman–Crippen LogP) is 1.85. The third-order valence-corrected chi connectivity index (χ3v) is 2.83. The summed E-state index contributed by atoms with van der Waals surface area (Å²) in [5, 5.41) is 8.33. The van der Waals surface area contributed by atoms with Gasteiger partial charge < -0.3 is 4.57 Å². The predicted molar refractivity (Wildman–Crippen MR) is 56.3 cm³/mol.